The molecule has 4 unspecified atom stereocenters. The van der Waals surface area contributed by atoms with Crippen molar-refractivity contribution in [3.8, 4) is 0 Å². The fourth-order valence-electron chi connectivity index (χ4n) is 3.17. The Morgan fingerprint density at radius 3 is 2.82 bits per heavy atom. The van der Waals surface area contributed by atoms with Crippen LogP contribution in [0.4, 0.5) is 6.01 Å². The Bertz CT molecular complexity index is 392. The zero-order valence-corrected chi connectivity index (χ0v) is 10.4. The number of aromatic nitrogens is 2. The van der Waals surface area contributed by atoms with Gasteiger partial charge in [-0.2, -0.15) is 0 Å². The van der Waals surface area contributed by atoms with Gasteiger partial charge in [-0.3, -0.25) is 0 Å². The molecule has 2 aliphatic rings. The number of nitrogens with zero attached hydrogens (tertiary/aromatic N) is 2. The van der Waals surface area contributed by atoms with E-state index in [0.717, 1.165) is 11.8 Å². The van der Waals surface area contributed by atoms with Gasteiger partial charge in [-0.25, -0.2) is 0 Å². The van der Waals surface area contributed by atoms with Crippen LogP contribution >= 0.6 is 0 Å². The highest BCUT2D eigenvalue weighted by Gasteiger charge is 2.40. The molecule has 2 N–H and O–H groups in total. The van der Waals surface area contributed by atoms with Gasteiger partial charge in [-0.15, -0.1) is 5.10 Å². The van der Waals surface area contributed by atoms with Crippen molar-refractivity contribution in [3.05, 3.63) is 5.89 Å². The molecule has 4 atom stereocenters. The first kappa shape index (κ1) is 11.0. The fraction of sp³-hybridized carbons (Fsp3) is 0.833. The fourth-order valence-corrected chi connectivity index (χ4v) is 3.17. The second-order valence-corrected chi connectivity index (χ2v) is 5.38. The Morgan fingerprint density at radius 1 is 1.29 bits per heavy atom. The number of hydrogen-bond donors (Lipinski definition) is 2. The minimum absolute atomic E-state index is 0.109. The van der Waals surface area contributed by atoms with Gasteiger partial charge in [0.25, 0.3) is 0 Å². The predicted molar refractivity (Wildman–Crippen MR) is 64.6 cm³/mol. The summed E-state index contributed by atoms with van der Waals surface area (Å²) >= 11 is 0. The van der Waals surface area contributed by atoms with Gasteiger partial charge < -0.3 is 15.1 Å². The van der Waals surface area contributed by atoms with Crippen LogP contribution in [0.1, 0.15) is 44.5 Å². The largest absolute Gasteiger partial charge is 0.406 e. The van der Waals surface area contributed by atoms with Crippen LogP contribution in [0.25, 0.3) is 0 Å². The summed E-state index contributed by atoms with van der Waals surface area (Å²) in [6.07, 6.45) is 5.42. The van der Waals surface area contributed by atoms with Crippen molar-refractivity contribution < 1.29 is 4.42 Å². The first-order valence-corrected chi connectivity index (χ1v) is 6.53. The lowest BCUT2D eigenvalue weighted by Gasteiger charge is -2.21. The van der Waals surface area contributed by atoms with Crippen molar-refractivity contribution in [2.45, 2.75) is 44.7 Å². The molecule has 2 bridgehead atoms. The second-order valence-electron chi connectivity index (χ2n) is 5.38. The van der Waals surface area contributed by atoms with Gasteiger partial charge in [0.15, 0.2) is 0 Å². The molecule has 1 heterocycles. The van der Waals surface area contributed by atoms with E-state index in [-0.39, 0.29) is 6.04 Å². The Labute approximate surface area is 101 Å². The summed E-state index contributed by atoms with van der Waals surface area (Å²) in [6, 6.07) is 1.24. The Balaban J connectivity index is 1.63. The van der Waals surface area contributed by atoms with Crippen molar-refractivity contribution in [1.29, 1.82) is 0 Å². The van der Waals surface area contributed by atoms with Crippen molar-refractivity contribution in [1.82, 2.24) is 15.5 Å². The maximum atomic E-state index is 5.61. The van der Waals surface area contributed by atoms with Crippen LogP contribution in [0.2, 0.25) is 0 Å². The van der Waals surface area contributed by atoms with E-state index >= 15 is 0 Å². The number of rotatable bonds is 4. The van der Waals surface area contributed by atoms with E-state index in [1.807, 2.05) is 14.0 Å². The lowest BCUT2D eigenvalue weighted by Crippen LogP contribution is -2.25. The maximum absolute atomic E-state index is 5.61. The summed E-state index contributed by atoms with van der Waals surface area (Å²) in [4.78, 5) is 0. The van der Waals surface area contributed by atoms with Gasteiger partial charge in [0, 0.05) is 6.04 Å². The summed E-state index contributed by atoms with van der Waals surface area (Å²) in [5.41, 5.74) is 0. The average molecular weight is 236 g/mol. The molecule has 17 heavy (non-hydrogen) atoms. The highest BCUT2D eigenvalue weighted by Crippen LogP contribution is 2.45. The highest BCUT2D eigenvalue weighted by molar-refractivity contribution is 5.22. The standard InChI is InChI=1S/C12H20N4O/c1-7(13-2)11-15-16-12(17-11)14-10-6-8-3-4-9(10)5-8/h7-10,13H,3-6H2,1-2H3,(H,14,16). The topological polar surface area (TPSA) is 63.0 Å². The maximum Gasteiger partial charge on any atom is 0.315 e. The van der Waals surface area contributed by atoms with Crippen LogP contribution in [0.3, 0.4) is 0 Å². The Kier molecular flexibility index (Phi) is 2.78. The van der Waals surface area contributed by atoms with E-state index in [9.17, 15) is 0 Å². The Hall–Kier alpha value is -1.10. The van der Waals surface area contributed by atoms with Crippen LogP contribution in [0.5, 0.6) is 0 Å². The molecule has 5 heteroatoms. The van der Waals surface area contributed by atoms with Gasteiger partial charge in [-0.05, 0) is 45.1 Å². The SMILES string of the molecule is CNC(C)c1nnc(NC2CC3CCC2C3)o1. The van der Waals surface area contributed by atoms with Crippen LogP contribution < -0.4 is 10.6 Å². The third-order valence-corrected chi connectivity index (χ3v) is 4.29. The van der Waals surface area contributed by atoms with Crippen LogP contribution in [-0.2, 0) is 0 Å². The molecule has 0 amide bonds. The quantitative estimate of drug-likeness (QED) is 0.836. The molecule has 2 fully saturated rings. The number of nitrogens with one attached hydrogen (secondary N) is 2. The van der Waals surface area contributed by atoms with Crippen LogP contribution in [0.15, 0.2) is 4.42 Å². The van der Waals surface area contributed by atoms with Crippen molar-refractivity contribution in [3.63, 3.8) is 0 Å². The average Bonchev–Trinajstić information content (AvgIpc) is 3.03. The highest BCUT2D eigenvalue weighted by atomic mass is 16.4. The summed E-state index contributed by atoms with van der Waals surface area (Å²) in [7, 11) is 1.89. The minimum atomic E-state index is 0.109. The lowest BCUT2D eigenvalue weighted by atomic mass is 9.96. The summed E-state index contributed by atoms with van der Waals surface area (Å²) < 4.78 is 5.61. The van der Waals surface area contributed by atoms with Gasteiger partial charge in [0.1, 0.15) is 0 Å². The van der Waals surface area contributed by atoms with E-state index in [0.29, 0.717) is 17.9 Å². The van der Waals surface area contributed by atoms with E-state index in [2.05, 4.69) is 20.8 Å². The zero-order chi connectivity index (χ0) is 11.8. The van der Waals surface area contributed by atoms with Crippen LogP contribution in [0, 0.1) is 11.8 Å². The normalized spacial score (nSPS) is 32.9. The van der Waals surface area contributed by atoms with Crippen LogP contribution in [-0.4, -0.2) is 23.3 Å². The third-order valence-electron chi connectivity index (χ3n) is 4.29. The lowest BCUT2D eigenvalue weighted by molar-refractivity contribution is 0.410. The van der Waals surface area contributed by atoms with Gasteiger partial charge >= 0.3 is 6.01 Å². The monoisotopic (exact) mass is 236 g/mol. The molecule has 0 spiro atoms. The molecule has 0 saturated heterocycles. The predicted octanol–water partition coefficient (Wildman–Crippen LogP) is 1.95. The molecule has 5 nitrogen and oxygen atoms in total. The van der Waals surface area contributed by atoms with Crippen molar-refractivity contribution in [2.24, 2.45) is 11.8 Å². The van der Waals surface area contributed by atoms with Crippen molar-refractivity contribution in [2.75, 3.05) is 12.4 Å². The molecule has 94 valence electrons. The van der Waals surface area contributed by atoms with Gasteiger partial charge in [0.05, 0.1) is 6.04 Å². The number of anilines is 1. The van der Waals surface area contributed by atoms with Crippen molar-refractivity contribution >= 4 is 6.01 Å². The Morgan fingerprint density at radius 2 is 2.18 bits per heavy atom. The van der Waals surface area contributed by atoms with Gasteiger partial charge in [-0.1, -0.05) is 11.5 Å². The number of fused-ring (bicyclic) bond motifs is 2. The molecule has 1 aromatic heterocycles. The van der Waals surface area contributed by atoms with E-state index in [1.165, 1.54) is 25.7 Å². The smallest absolute Gasteiger partial charge is 0.315 e. The number of hydrogen-bond acceptors (Lipinski definition) is 5. The zero-order valence-electron chi connectivity index (χ0n) is 10.4. The summed E-state index contributed by atoms with van der Waals surface area (Å²) in [6.45, 7) is 2.01. The molecule has 2 aliphatic carbocycles. The minimum Gasteiger partial charge on any atom is -0.406 e. The van der Waals surface area contributed by atoms with E-state index < -0.39 is 0 Å². The second kappa shape index (κ2) is 4.29. The summed E-state index contributed by atoms with van der Waals surface area (Å²) in [5.74, 6) is 2.39. The third kappa shape index (κ3) is 2.04. The van der Waals surface area contributed by atoms with Gasteiger partial charge in [0.2, 0.25) is 5.89 Å². The molecule has 0 radical (unpaired) electrons. The molecule has 2 saturated carbocycles. The molecule has 1 aromatic rings. The molecular weight excluding hydrogens is 216 g/mol. The molecule has 3 rings (SSSR count). The summed E-state index contributed by atoms with van der Waals surface area (Å²) in [5, 5.41) is 14.6. The van der Waals surface area contributed by atoms with E-state index in [1.54, 1.807) is 0 Å². The van der Waals surface area contributed by atoms with E-state index in [4.69, 9.17) is 4.42 Å². The molecule has 0 aromatic carbocycles. The first-order valence-electron chi connectivity index (χ1n) is 6.53. The first-order chi connectivity index (χ1) is 8.26. The molecule has 0 aliphatic heterocycles. The molecular formula is C12H20N4O.